The molecule has 4 heteroatoms. The Balaban J connectivity index is 0.00000128. The molecule has 3 nitrogen and oxygen atoms in total. The number of nitrogens with one attached hydrogen (secondary N) is 1. The van der Waals surface area contributed by atoms with Gasteiger partial charge in [0.1, 0.15) is 5.75 Å². The van der Waals surface area contributed by atoms with Gasteiger partial charge in [-0.15, -0.1) is 13.1 Å². The monoisotopic (exact) mass is 244 g/mol. The molecule has 2 rings (SSSR count). The normalized spacial score (nSPS) is 19.2. The number of benzene rings is 1. The number of ether oxygens (including phenoxy) is 1. The van der Waals surface area contributed by atoms with Crippen LogP contribution in [0.2, 0.25) is 0 Å². The summed E-state index contributed by atoms with van der Waals surface area (Å²) >= 11 is 0. The predicted octanol–water partition coefficient (Wildman–Crippen LogP) is -1.07. The molecule has 0 aromatic heterocycles. The van der Waals surface area contributed by atoms with Crippen LogP contribution in [0.1, 0.15) is 12.0 Å². The third kappa shape index (κ3) is 4.45. The maximum absolute atomic E-state index is 5.84. The molecule has 16 heavy (non-hydrogen) atoms. The Kier molecular flexibility index (Phi) is 7.15. The molecule has 0 spiro atoms. The van der Waals surface area contributed by atoms with Gasteiger partial charge in [-0.25, -0.2) is 0 Å². The van der Waals surface area contributed by atoms with Gasteiger partial charge in [-0.05, 0) is 31.2 Å². The molecule has 1 fully saturated rings. The first-order valence-corrected chi connectivity index (χ1v) is 5.42. The van der Waals surface area contributed by atoms with Crippen molar-refractivity contribution in [3.8, 4) is 5.75 Å². The van der Waals surface area contributed by atoms with Crippen LogP contribution in [0.5, 0.6) is 5.75 Å². The summed E-state index contributed by atoms with van der Waals surface area (Å²) in [6.45, 7) is 2.67. The molecular weight excluding hydrogens is 227 g/mol. The van der Waals surface area contributed by atoms with Crippen molar-refractivity contribution in [2.75, 3.05) is 20.1 Å². The third-order valence-corrected chi connectivity index (χ3v) is 2.52. The molecule has 1 aliphatic rings. The summed E-state index contributed by atoms with van der Waals surface area (Å²) < 4.78 is 5.84. The second kappa shape index (κ2) is 7.82. The molecule has 1 aliphatic heterocycles. The molecule has 1 aromatic carbocycles. The van der Waals surface area contributed by atoms with Crippen LogP contribution in [0.15, 0.2) is 24.3 Å². The summed E-state index contributed by atoms with van der Waals surface area (Å²) in [6.07, 6.45) is 1.34. The van der Waals surface area contributed by atoms with Gasteiger partial charge in [0.05, 0.1) is 6.10 Å². The number of hydrogen-bond donors (Lipinski definition) is 1. The molecular formula is C12H17KN2O. The van der Waals surface area contributed by atoms with Gasteiger partial charge in [-0.2, -0.15) is 0 Å². The zero-order chi connectivity index (χ0) is 10.5. The van der Waals surface area contributed by atoms with Crippen LogP contribution in [0.3, 0.4) is 0 Å². The van der Waals surface area contributed by atoms with Gasteiger partial charge >= 0.3 is 51.4 Å². The second-order valence-corrected chi connectivity index (χ2v) is 3.84. The van der Waals surface area contributed by atoms with E-state index in [9.17, 15) is 0 Å². The fourth-order valence-electron chi connectivity index (χ4n) is 1.78. The first-order chi connectivity index (χ1) is 7.38. The van der Waals surface area contributed by atoms with E-state index in [-0.39, 0.29) is 57.5 Å². The zero-order valence-corrected chi connectivity index (χ0v) is 13.2. The van der Waals surface area contributed by atoms with E-state index in [1.54, 1.807) is 0 Å². The van der Waals surface area contributed by atoms with Gasteiger partial charge in [0.2, 0.25) is 0 Å². The molecule has 82 valence electrons. The van der Waals surface area contributed by atoms with E-state index in [2.05, 4.69) is 22.8 Å². The molecule has 1 unspecified atom stereocenters. The van der Waals surface area contributed by atoms with Crippen molar-refractivity contribution in [1.29, 1.82) is 0 Å². The van der Waals surface area contributed by atoms with E-state index < -0.39 is 0 Å². The fraction of sp³-hybridized carbons (Fsp3) is 0.500. The molecule has 1 aromatic rings. The summed E-state index contributed by atoms with van der Waals surface area (Å²) in [6, 6.07) is 8.24. The first-order valence-electron chi connectivity index (χ1n) is 5.42. The van der Waals surface area contributed by atoms with E-state index >= 15 is 0 Å². The minimum absolute atomic E-state index is 0. The molecule has 1 atom stereocenters. The SMILES string of the molecule is CNCc1cccc(OC2CC[N-]C2)c1.[K+]. The maximum Gasteiger partial charge on any atom is 1.00 e. The Morgan fingerprint density at radius 2 is 2.38 bits per heavy atom. The van der Waals surface area contributed by atoms with E-state index in [1.807, 2.05) is 19.2 Å². The second-order valence-electron chi connectivity index (χ2n) is 3.84. The van der Waals surface area contributed by atoms with Crippen LogP contribution in [-0.2, 0) is 6.54 Å². The van der Waals surface area contributed by atoms with Crippen LogP contribution in [0, 0.1) is 0 Å². The van der Waals surface area contributed by atoms with Crippen LogP contribution in [0.4, 0.5) is 0 Å². The number of rotatable bonds is 4. The Morgan fingerprint density at radius 1 is 1.50 bits per heavy atom. The van der Waals surface area contributed by atoms with E-state index in [0.717, 1.165) is 31.8 Å². The number of hydrogen-bond acceptors (Lipinski definition) is 2. The van der Waals surface area contributed by atoms with Crippen molar-refractivity contribution in [2.24, 2.45) is 0 Å². The van der Waals surface area contributed by atoms with Crippen molar-refractivity contribution in [2.45, 2.75) is 19.1 Å². The zero-order valence-electron chi connectivity index (χ0n) is 10.1. The van der Waals surface area contributed by atoms with Gasteiger partial charge in [0.15, 0.2) is 0 Å². The Labute approximate surface area is 140 Å². The topological polar surface area (TPSA) is 35.4 Å². The third-order valence-electron chi connectivity index (χ3n) is 2.52. The first kappa shape index (κ1) is 14.6. The molecule has 0 amide bonds. The van der Waals surface area contributed by atoms with E-state index in [4.69, 9.17) is 4.74 Å². The van der Waals surface area contributed by atoms with Crippen molar-refractivity contribution in [3.05, 3.63) is 35.1 Å². The van der Waals surface area contributed by atoms with Gasteiger partial charge in [-0.1, -0.05) is 12.1 Å². The Hall–Kier alpha value is 0.576. The van der Waals surface area contributed by atoms with E-state index in [1.165, 1.54) is 5.56 Å². The molecule has 0 bridgehead atoms. The van der Waals surface area contributed by atoms with Crippen LogP contribution >= 0.6 is 0 Å². The molecule has 0 aliphatic carbocycles. The van der Waals surface area contributed by atoms with Gasteiger partial charge in [0.25, 0.3) is 0 Å². The quantitative estimate of drug-likeness (QED) is 0.685. The van der Waals surface area contributed by atoms with Crippen LogP contribution in [0.25, 0.3) is 5.32 Å². The molecule has 0 radical (unpaired) electrons. The van der Waals surface area contributed by atoms with Gasteiger partial charge in [0, 0.05) is 6.54 Å². The average molecular weight is 244 g/mol. The minimum atomic E-state index is 0. The average Bonchev–Trinajstić information content (AvgIpc) is 2.71. The molecule has 0 saturated carbocycles. The fourth-order valence-corrected chi connectivity index (χ4v) is 1.78. The van der Waals surface area contributed by atoms with Crippen LogP contribution < -0.4 is 61.4 Å². The maximum atomic E-state index is 5.84. The molecule has 1 saturated heterocycles. The summed E-state index contributed by atoms with van der Waals surface area (Å²) in [5.74, 6) is 0.963. The van der Waals surface area contributed by atoms with E-state index in [0.29, 0.717) is 0 Å². The summed E-state index contributed by atoms with van der Waals surface area (Å²) in [5.41, 5.74) is 1.25. The standard InChI is InChI=1S/C12H17N2O.K/c1-13-8-10-3-2-4-11(7-10)15-12-5-6-14-9-12;/h2-4,7,12-13H,5-6,8-9H2,1H3;/q-1;+1. The smallest absolute Gasteiger partial charge is 0.659 e. The van der Waals surface area contributed by atoms with Gasteiger partial charge < -0.3 is 15.4 Å². The minimum Gasteiger partial charge on any atom is -0.659 e. The molecule has 1 N–H and O–H groups in total. The largest absolute Gasteiger partial charge is 1.00 e. The van der Waals surface area contributed by atoms with Crippen molar-refractivity contribution < 1.29 is 56.1 Å². The summed E-state index contributed by atoms with van der Waals surface area (Å²) in [4.78, 5) is 0. The Bertz CT molecular complexity index is 314. The van der Waals surface area contributed by atoms with Crippen molar-refractivity contribution >= 4 is 0 Å². The number of nitrogens with zero attached hydrogens (tertiary/aromatic N) is 1. The van der Waals surface area contributed by atoms with Crippen LogP contribution in [-0.4, -0.2) is 26.2 Å². The Morgan fingerprint density at radius 3 is 3.06 bits per heavy atom. The van der Waals surface area contributed by atoms with Gasteiger partial charge in [-0.3, -0.25) is 0 Å². The van der Waals surface area contributed by atoms with Crippen molar-refractivity contribution in [3.63, 3.8) is 0 Å². The predicted molar refractivity (Wildman–Crippen MR) is 61.3 cm³/mol. The summed E-state index contributed by atoms with van der Waals surface area (Å²) in [7, 11) is 1.95. The van der Waals surface area contributed by atoms with Crippen molar-refractivity contribution in [1.82, 2.24) is 5.32 Å². The summed E-state index contributed by atoms with van der Waals surface area (Å²) in [5, 5.41) is 7.41. The molecule has 1 heterocycles.